The van der Waals surface area contributed by atoms with Gasteiger partial charge in [-0.3, -0.25) is 0 Å². The monoisotopic (exact) mass is 207 g/mol. The van der Waals surface area contributed by atoms with Gasteiger partial charge < -0.3 is 5.73 Å². The van der Waals surface area contributed by atoms with E-state index in [0.29, 0.717) is 6.54 Å². The van der Waals surface area contributed by atoms with Gasteiger partial charge in [-0.15, -0.1) is 0 Å². The van der Waals surface area contributed by atoms with Crippen LogP contribution < -0.4 is 5.73 Å². The molecule has 2 rings (SSSR count). The maximum absolute atomic E-state index is 5.56. The van der Waals surface area contributed by atoms with Crippen molar-refractivity contribution in [3.05, 3.63) is 35.4 Å². The molecule has 0 aliphatic carbocycles. The van der Waals surface area contributed by atoms with Crippen LogP contribution in [0.3, 0.4) is 0 Å². The van der Waals surface area contributed by atoms with Gasteiger partial charge in [0.2, 0.25) is 0 Å². The van der Waals surface area contributed by atoms with Gasteiger partial charge in [-0.1, -0.05) is 24.3 Å². The van der Waals surface area contributed by atoms with Gasteiger partial charge >= 0.3 is 0 Å². The summed E-state index contributed by atoms with van der Waals surface area (Å²) in [5, 5.41) is 0. The van der Waals surface area contributed by atoms with E-state index >= 15 is 0 Å². The van der Waals surface area contributed by atoms with E-state index in [1.54, 1.807) is 0 Å². The highest BCUT2D eigenvalue weighted by Crippen LogP contribution is 2.26. The smallest absolute Gasteiger partial charge is 0.0178 e. The molecule has 0 amide bonds. The van der Waals surface area contributed by atoms with Gasteiger partial charge in [-0.2, -0.15) is 11.8 Å². The van der Waals surface area contributed by atoms with Crippen LogP contribution in [-0.4, -0.2) is 11.5 Å². The first kappa shape index (κ1) is 10.1. The van der Waals surface area contributed by atoms with Crippen LogP contribution in [0.1, 0.15) is 17.5 Å². The van der Waals surface area contributed by atoms with Crippen LogP contribution in [0.4, 0.5) is 0 Å². The molecule has 1 fully saturated rings. The SMILES string of the molecule is NCc1ccc(CC2CCSC2)cc1. The average Bonchev–Trinajstić information content (AvgIpc) is 2.72. The van der Waals surface area contributed by atoms with Crippen molar-refractivity contribution < 1.29 is 0 Å². The summed E-state index contributed by atoms with van der Waals surface area (Å²) < 4.78 is 0. The first-order valence-electron chi connectivity index (χ1n) is 5.24. The Bertz CT molecular complexity index is 275. The van der Waals surface area contributed by atoms with Gasteiger partial charge in [0.25, 0.3) is 0 Å². The third-order valence-corrected chi connectivity index (χ3v) is 4.04. The van der Waals surface area contributed by atoms with Crippen LogP contribution in [-0.2, 0) is 13.0 Å². The minimum absolute atomic E-state index is 0.652. The van der Waals surface area contributed by atoms with Gasteiger partial charge in [0.05, 0.1) is 0 Å². The predicted molar refractivity (Wildman–Crippen MR) is 63.5 cm³/mol. The molecular formula is C12H17NS. The van der Waals surface area contributed by atoms with Crippen molar-refractivity contribution in [2.75, 3.05) is 11.5 Å². The topological polar surface area (TPSA) is 26.0 Å². The van der Waals surface area contributed by atoms with E-state index in [-0.39, 0.29) is 0 Å². The minimum atomic E-state index is 0.652. The van der Waals surface area contributed by atoms with Crippen molar-refractivity contribution in [1.82, 2.24) is 0 Å². The van der Waals surface area contributed by atoms with Crippen molar-refractivity contribution in [2.45, 2.75) is 19.4 Å². The zero-order chi connectivity index (χ0) is 9.80. The summed E-state index contributed by atoms with van der Waals surface area (Å²) in [6.07, 6.45) is 2.64. The molecule has 0 bridgehead atoms. The van der Waals surface area contributed by atoms with Crippen LogP contribution in [0.5, 0.6) is 0 Å². The summed E-state index contributed by atoms with van der Waals surface area (Å²) in [5.74, 6) is 3.60. The second-order valence-corrected chi connectivity index (χ2v) is 5.10. The van der Waals surface area contributed by atoms with Crippen molar-refractivity contribution >= 4 is 11.8 Å². The summed E-state index contributed by atoms with van der Waals surface area (Å²) in [6, 6.07) is 8.76. The molecule has 1 atom stereocenters. The highest BCUT2D eigenvalue weighted by molar-refractivity contribution is 7.99. The summed E-state index contributed by atoms with van der Waals surface area (Å²) in [4.78, 5) is 0. The first-order chi connectivity index (χ1) is 6.88. The Hall–Kier alpha value is -0.470. The molecule has 0 spiro atoms. The van der Waals surface area contributed by atoms with Crippen molar-refractivity contribution in [2.24, 2.45) is 11.7 Å². The zero-order valence-corrected chi connectivity index (χ0v) is 9.22. The molecule has 0 saturated carbocycles. The fraction of sp³-hybridized carbons (Fsp3) is 0.500. The maximum atomic E-state index is 5.56. The zero-order valence-electron chi connectivity index (χ0n) is 8.41. The molecule has 1 saturated heterocycles. The highest BCUT2D eigenvalue weighted by atomic mass is 32.2. The molecule has 1 nitrogen and oxygen atoms in total. The Morgan fingerprint density at radius 1 is 1.21 bits per heavy atom. The summed E-state index contributed by atoms with van der Waals surface area (Å²) in [5.41, 5.74) is 8.26. The van der Waals surface area contributed by atoms with Crippen molar-refractivity contribution in [1.29, 1.82) is 0 Å². The summed E-state index contributed by atoms with van der Waals surface area (Å²) in [7, 11) is 0. The molecule has 0 aromatic heterocycles. The Morgan fingerprint density at radius 2 is 1.93 bits per heavy atom. The number of rotatable bonds is 3. The average molecular weight is 207 g/mol. The van der Waals surface area contributed by atoms with Crippen LogP contribution in [0.15, 0.2) is 24.3 Å². The molecule has 1 aromatic carbocycles. The molecule has 1 heterocycles. The lowest BCUT2D eigenvalue weighted by atomic mass is 9.98. The van der Waals surface area contributed by atoms with E-state index in [1.807, 2.05) is 0 Å². The summed E-state index contributed by atoms with van der Waals surface area (Å²) in [6.45, 7) is 0.652. The standard InChI is InChI=1S/C12H17NS/c13-8-11-3-1-10(2-4-11)7-12-5-6-14-9-12/h1-4,12H,5-9,13H2. The van der Waals surface area contributed by atoms with Crippen LogP contribution in [0, 0.1) is 5.92 Å². The Balaban J connectivity index is 1.95. The Kier molecular flexibility index (Phi) is 3.49. The molecule has 2 N–H and O–H groups in total. The number of nitrogens with two attached hydrogens (primary N) is 1. The van der Waals surface area contributed by atoms with Crippen LogP contribution in [0.2, 0.25) is 0 Å². The Labute approximate surface area is 90.1 Å². The normalized spacial score (nSPS) is 21.4. The quantitative estimate of drug-likeness (QED) is 0.824. The molecular weight excluding hydrogens is 190 g/mol. The number of hydrogen-bond acceptors (Lipinski definition) is 2. The largest absolute Gasteiger partial charge is 0.326 e. The molecule has 1 aliphatic rings. The first-order valence-corrected chi connectivity index (χ1v) is 6.39. The van der Waals surface area contributed by atoms with E-state index in [4.69, 9.17) is 5.73 Å². The van der Waals surface area contributed by atoms with Gasteiger partial charge in [0, 0.05) is 6.54 Å². The van der Waals surface area contributed by atoms with Crippen LogP contribution in [0.25, 0.3) is 0 Å². The third kappa shape index (κ3) is 2.52. The fourth-order valence-corrected chi connectivity index (χ4v) is 3.17. The molecule has 1 unspecified atom stereocenters. The third-order valence-electron chi connectivity index (χ3n) is 2.81. The number of benzene rings is 1. The van der Waals surface area contributed by atoms with Gasteiger partial charge in [0.15, 0.2) is 0 Å². The van der Waals surface area contributed by atoms with Gasteiger partial charge in [-0.05, 0) is 41.4 Å². The minimum Gasteiger partial charge on any atom is -0.326 e. The lowest BCUT2D eigenvalue weighted by Crippen LogP contribution is -2.03. The Morgan fingerprint density at radius 3 is 2.50 bits per heavy atom. The van der Waals surface area contributed by atoms with E-state index < -0.39 is 0 Å². The molecule has 1 aliphatic heterocycles. The van der Waals surface area contributed by atoms with E-state index in [2.05, 4.69) is 36.0 Å². The van der Waals surface area contributed by atoms with Gasteiger partial charge in [-0.25, -0.2) is 0 Å². The van der Waals surface area contributed by atoms with Crippen LogP contribution >= 0.6 is 11.8 Å². The highest BCUT2D eigenvalue weighted by Gasteiger charge is 2.15. The maximum Gasteiger partial charge on any atom is 0.0178 e. The fourth-order valence-electron chi connectivity index (χ4n) is 1.89. The summed E-state index contributed by atoms with van der Waals surface area (Å²) >= 11 is 2.09. The molecule has 76 valence electrons. The van der Waals surface area contributed by atoms with Crippen molar-refractivity contribution in [3.8, 4) is 0 Å². The lowest BCUT2D eigenvalue weighted by Gasteiger charge is -2.08. The second kappa shape index (κ2) is 4.85. The van der Waals surface area contributed by atoms with E-state index in [0.717, 1.165) is 5.92 Å². The lowest BCUT2D eigenvalue weighted by molar-refractivity contribution is 0.596. The molecule has 14 heavy (non-hydrogen) atoms. The number of thioether (sulfide) groups is 1. The molecule has 2 heteroatoms. The van der Waals surface area contributed by atoms with E-state index in [9.17, 15) is 0 Å². The van der Waals surface area contributed by atoms with Gasteiger partial charge in [0.1, 0.15) is 0 Å². The second-order valence-electron chi connectivity index (χ2n) is 3.95. The van der Waals surface area contributed by atoms with Crippen molar-refractivity contribution in [3.63, 3.8) is 0 Å². The predicted octanol–water partition coefficient (Wildman–Crippen LogP) is 2.44. The van der Waals surface area contributed by atoms with E-state index in [1.165, 1.54) is 35.5 Å². The molecule has 0 radical (unpaired) electrons. The number of hydrogen-bond donors (Lipinski definition) is 1. The molecule has 1 aromatic rings.